The van der Waals surface area contributed by atoms with Gasteiger partial charge < -0.3 is 14.6 Å². The van der Waals surface area contributed by atoms with E-state index in [1.165, 1.54) is 0 Å². The molecular weight excluding hydrogens is 345 g/mol. The van der Waals surface area contributed by atoms with Crippen molar-refractivity contribution in [3.8, 4) is 5.75 Å². The quantitative estimate of drug-likeness (QED) is 0.833. The molecule has 0 atom stereocenters. The maximum absolute atomic E-state index is 12.0. The first-order valence-corrected chi connectivity index (χ1v) is 7.62. The van der Waals surface area contributed by atoms with E-state index in [2.05, 4.69) is 0 Å². The monoisotopic (exact) mass is 363 g/mol. The summed E-state index contributed by atoms with van der Waals surface area (Å²) >= 11 is 11.9. The molecule has 1 N–H and O–H groups in total. The Kier molecular flexibility index (Phi) is 6.97. The number of ether oxygens (including phenoxy) is 2. The average Bonchev–Trinajstić information content (AvgIpc) is 2.40. The SMILES string of the molecule is CC(C)(C)OC(=O)N(CCOc1cccc(Cl)c1Cl)CC(=O)O. The minimum atomic E-state index is -1.14. The van der Waals surface area contributed by atoms with Crippen molar-refractivity contribution in [2.75, 3.05) is 19.7 Å². The summed E-state index contributed by atoms with van der Waals surface area (Å²) in [6.07, 6.45) is -0.722. The van der Waals surface area contributed by atoms with Crippen molar-refractivity contribution in [1.82, 2.24) is 4.90 Å². The van der Waals surface area contributed by atoms with Gasteiger partial charge in [-0.25, -0.2) is 4.79 Å². The van der Waals surface area contributed by atoms with Crippen LogP contribution < -0.4 is 4.74 Å². The number of aliphatic carboxylic acids is 1. The van der Waals surface area contributed by atoms with Crippen LogP contribution in [0.25, 0.3) is 0 Å². The Morgan fingerprint density at radius 2 is 1.91 bits per heavy atom. The van der Waals surface area contributed by atoms with E-state index in [-0.39, 0.29) is 18.2 Å². The molecule has 0 aliphatic carbocycles. The van der Waals surface area contributed by atoms with E-state index in [0.717, 1.165) is 4.90 Å². The van der Waals surface area contributed by atoms with E-state index < -0.39 is 24.2 Å². The van der Waals surface area contributed by atoms with Gasteiger partial charge in [0, 0.05) is 0 Å². The number of carboxylic acid groups (broad SMARTS) is 1. The fourth-order valence-corrected chi connectivity index (χ4v) is 1.93. The normalized spacial score (nSPS) is 11.0. The summed E-state index contributed by atoms with van der Waals surface area (Å²) in [7, 11) is 0. The average molecular weight is 364 g/mol. The molecule has 23 heavy (non-hydrogen) atoms. The van der Waals surface area contributed by atoms with E-state index >= 15 is 0 Å². The second kappa shape index (κ2) is 8.26. The maximum Gasteiger partial charge on any atom is 0.410 e. The highest BCUT2D eigenvalue weighted by molar-refractivity contribution is 6.42. The lowest BCUT2D eigenvalue weighted by Gasteiger charge is -2.26. The zero-order chi connectivity index (χ0) is 17.6. The number of amides is 1. The molecule has 0 saturated carbocycles. The standard InChI is InChI=1S/C15H19Cl2NO5/c1-15(2,3)23-14(21)18(9-12(19)20)7-8-22-11-6-4-5-10(16)13(11)17/h4-6H,7-9H2,1-3H3,(H,19,20). The van der Waals surface area contributed by atoms with Gasteiger partial charge in [0.05, 0.1) is 11.6 Å². The summed E-state index contributed by atoms with van der Waals surface area (Å²) in [6, 6.07) is 4.92. The molecule has 0 fully saturated rings. The minimum absolute atomic E-state index is 0.0318. The van der Waals surface area contributed by atoms with Crippen LogP contribution >= 0.6 is 23.2 Å². The zero-order valence-electron chi connectivity index (χ0n) is 13.1. The van der Waals surface area contributed by atoms with Crippen molar-refractivity contribution in [1.29, 1.82) is 0 Å². The number of benzene rings is 1. The number of halogens is 2. The van der Waals surface area contributed by atoms with Gasteiger partial charge in [0.15, 0.2) is 0 Å². The number of hydrogen-bond acceptors (Lipinski definition) is 4. The smallest absolute Gasteiger partial charge is 0.410 e. The van der Waals surface area contributed by atoms with Crippen LogP contribution in [0.5, 0.6) is 5.75 Å². The Bertz CT molecular complexity index is 571. The number of hydrogen-bond donors (Lipinski definition) is 1. The molecule has 0 saturated heterocycles. The largest absolute Gasteiger partial charge is 0.490 e. The third-order valence-corrected chi connectivity index (χ3v) is 3.31. The molecule has 1 amide bonds. The van der Waals surface area contributed by atoms with Crippen LogP contribution in [0.2, 0.25) is 10.0 Å². The molecule has 0 radical (unpaired) electrons. The van der Waals surface area contributed by atoms with Gasteiger partial charge >= 0.3 is 12.1 Å². The van der Waals surface area contributed by atoms with Crippen LogP contribution in [0.3, 0.4) is 0 Å². The van der Waals surface area contributed by atoms with Crippen molar-refractivity contribution in [3.63, 3.8) is 0 Å². The van der Waals surface area contributed by atoms with Crippen LogP contribution in [-0.4, -0.2) is 47.4 Å². The summed E-state index contributed by atoms with van der Waals surface area (Å²) < 4.78 is 10.6. The van der Waals surface area contributed by atoms with E-state index in [9.17, 15) is 9.59 Å². The van der Waals surface area contributed by atoms with E-state index in [1.54, 1.807) is 39.0 Å². The van der Waals surface area contributed by atoms with Crippen molar-refractivity contribution in [3.05, 3.63) is 28.2 Å². The van der Waals surface area contributed by atoms with Crippen molar-refractivity contribution in [2.24, 2.45) is 0 Å². The molecule has 6 nitrogen and oxygen atoms in total. The Balaban J connectivity index is 2.65. The van der Waals surface area contributed by atoms with Gasteiger partial charge in [-0.2, -0.15) is 0 Å². The summed E-state index contributed by atoms with van der Waals surface area (Å²) in [5.41, 5.74) is -0.717. The Labute approximate surface area is 144 Å². The molecule has 0 aliphatic rings. The summed E-state index contributed by atoms with van der Waals surface area (Å²) in [5.74, 6) is -0.782. The molecule has 0 unspecified atom stereocenters. The van der Waals surface area contributed by atoms with Gasteiger partial charge in [-0.15, -0.1) is 0 Å². The molecule has 0 aromatic heterocycles. The van der Waals surface area contributed by atoms with Crippen LogP contribution in [0.4, 0.5) is 4.79 Å². The molecule has 1 aromatic rings. The molecular formula is C15H19Cl2NO5. The molecule has 0 heterocycles. The third-order valence-electron chi connectivity index (χ3n) is 2.51. The van der Waals surface area contributed by atoms with Crippen LogP contribution in [0, 0.1) is 0 Å². The lowest BCUT2D eigenvalue weighted by molar-refractivity contribution is -0.138. The summed E-state index contributed by atoms with van der Waals surface area (Å²) in [6.45, 7) is 4.70. The maximum atomic E-state index is 12.0. The van der Waals surface area contributed by atoms with Crippen LogP contribution in [0.15, 0.2) is 18.2 Å². The fraction of sp³-hybridized carbons (Fsp3) is 0.467. The van der Waals surface area contributed by atoms with Crippen molar-refractivity contribution in [2.45, 2.75) is 26.4 Å². The number of rotatable bonds is 6. The predicted molar refractivity (Wildman–Crippen MR) is 87.4 cm³/mol. The molecule has 0 aliphatic heterocycles. The predicted octanol–water partition coefficient (Wildman–Crippen LogP) is 3.69. The van der Waals surface area contributed by atoms with Crippen LogP contribution in [0.1, 0.15) is 20.8 Å². The van der Waals surface area contributed by atoms with Gasteiger partial charge in [-0.1, -0.05) is 29.3 Å². The number of carboxylic acids is 1. The second-order valence-corrected chi connectivity index (χ2v) is 6.48. The summed E-state index contributed by atoms with van der Waals surface area (Å²) in [5, 5.41) is 9.51. The van der Waals surface area contributed by atoms with Crippen LogP contribution in [-0.2, 0) is 9.53 Å². The number of nitrogens with zero attached hydrogens (tertiary/aromatic N) is 1. The highest BCUT2D eigenvalue weighted by Crippen LogP contribution is 2.31. The lowest BCUT2D eigenvalue weighted by atomic mass is 10.2. The Morgan fingerprint density at radius 1 is 1.26 bits per heavy atom. The molecule has 8 heteroatoms. The van der Waals surface area contributed by atoms with E-state index in [1.807, 2.05) is 0 Å². The van der Waals surface area contributed by atoms with Crippen molar-refractivity contribution < 1.29 is 24.2 Å². The highest BCUT2D eigenvalue weighted by Gasteiger charge is 2.23. The van der Waals surface area contributed by atoms with Gasteiger partial charge in [0.2, 0.25) is 0 Å². The zero-order valence-corrected chi connectivity index (χ0v) is 14.6. The summed E-state index contributed by atoms with van der Waals surface area (Å²) in [4.78, 5) is 23.9. The second-order valence-electron chi connectivity index (χ2n) is 5.70. The molecule has 0 spiro atoms. The molecule has 1 rings (SSSR count). The fourth-order valence-electron chi connectivity index (χ4n) is 1.59. The molecule has 1 aromatic carbocycles. The first kappa shape index (κ1) is 19.4. The first-order valence-electron chi connectivity index (χ1n) is 6.86. The number of carbonyl (C=O) groups excluding carboxylic acids is 1. The lowest BCUT2D eigenvalue weighted by Crippen LogP contribution is -2.41. The van der Waals surface area contributed by atoms with Crippen molar-refractivity contribution >= 4 is 35.3 Å². The topological polar surface area (TPSA) is 76.1 Å². The van der Waals surface area contributed by atoms with Gasteiger partial charge in [-0.3, -0.25) is 9.69 Å². The van der Waals surface area contributed by atoms with Gasteiger partial charge in [-0.05, 0) is 32.9 Å². The van der Waals surface area contributed by atoms with E-state index in [4.69, 9.17) is 37.8 Å². The molecule has 128 valence electrons. The Morgan fingerprint density at radius 3 is 2.48 bits per heavy atom. The van der Waals surface area contributed by atoms with Gasteiger partial charge in [0.1, 0.15) is 29.5 Å². The van der Waals surface area contributed by atoms with Gasteiger partial charge in [0.25, 0.3) is 0 Å². The van der Waals surface area contributed by atoms with E-state index in [0.29, 0.717) is 10.8 Å². The Hall–Kier alpha value is -1.66. The first-order chi connectivity index (χ1) is 10.6. The number of carbonyl (C=O) groups is 2. The highest BCUT2D eigenvalue weighted by atomic mass is 35.5. The minimum Gasteiger partial charge on any atom is -0.490 e. The molecule has 0 bridgehead atoms. The third kappa shape index (κ3) is 6.97.